The minimum Gasteiger partial charge on any atom is -0.467 e. The van der Waals surface area contributed by atoms with Crippen molar-refractivity contribution in [2.24, 2.45) is 5.92 Å². The Kier molecular flexibility index (Phi) is 5.83. The van der Waals surface area contributed by atoms with Crippen molar-refractivity contribution in [1.82, 2.24) is 5.32 Å². The van der Waals surface area contributed by atoms with Crippen LogP contribution >= 0.6 is 0 Å². The first kappa shape index (κ1) is 16.6. The predicted molar refractivity (Wildman–Crippen MR) is 75.8 cm³/mol. The normalized spacial score (nSPS) is 11.8. The summed E-state index contributed by atoms with van der Waals surface area (Å²) in [5.74, 6) is -1.09. The largest absolute Gasteiger partial charge is 0.467 e. The van der Waals surface area contributed by atoms with Gasteiger partial charge in [0.25, 0.3) is 11.6 Å². The van der Waals surface area contributed by atoms with Crippen molar-refractivity contribution >= 4 is 17.6 Å². The summed E-state index contributed by atoms with van der Waals surface area (Å²) in [6.07, 6.45) is 0.388. The van der Waals surface area contributed by atoms with E-state index in [0.717, 1.165) is 0 Å². The van der Waals surface area contributed by atoms with E-state index < -0.39 is 22.8 Å². The van der Waals surface area contributed by atoms with Crippen LogP contribution < -0.4 is 5.32 Å². The van der Waals surface area contributed by atoms with E-state index in [4.69, 9.17) is 0 Å². The topological polar surface area (TPSA) is 98.5 Å². The van der Waals surface area contributed by atoms with Gasteiger partial charge in [0.1, 0.15) is 11.6 Å². The van der Waals surface area contributed by atoms with Crippen molar-refractivity contribution in [3.05, 3.63) is 39.9 Å². The molecule has 0 aliphatic rings. The quantitative estimate of drug-likeness (QED) is 0.491. The smallest absolute Gasteiger partial charge is 0.328 e. The van der Waals surface area contributed by atoms with Crippen LogP contribution in [0.2, 0.25) is 0 Å². The minimum atomic E-state index is -0.831. The van der Waals surface area contributed by atoms with Crippen molar-refractivity contribution in [3.63, 3.8) is 0 Å². The lowest BCUT2D eigenvalue weighted by molar-refractivity contribution is -0.385. The fourth-order valence-corrected chi connectivity index (χ4v) is 1.89. The van der Waals surface area contributed by atoms with Crippen molar-refractivity contribution < 1.29 is 19.2 Å². The highest BCUT2D eigenvalue weighted by Gasteiger charge is 2.26. The SMILES string of the molecule is COC(=O)C(CC(C)C)NC(=O)c1ccccc1[N+](=O)[O-]. The van der Waals surface area contributed by atoms with Gasteiger partial charge in [-0.1, -0.05) is 26.0 Å². The van der Waals surface area contributed by atoms with Crippen molar-refractivity contribution in [1.29, 1.82) is 0 Å². The average Bonchev–Trinajstić information content (AvgIpc) is 2.45. The second kappa shape index (κ2) is 7.37. The number of rotatable bonds is 6. The molecule has 1 atom stereocenters. The Morgan fingerprint density at radius 2 is 1.95 bits per heavy atom. The van der Waals surface area contributed by atoms with Crippen LogP contribution in [0.5, 0.6) is 0 Å². The molecule has 0 saturated carbocycles. The molecule has 0 bridgehead atoms. The lowest BCUT2D eigenvalue weighted by atomic mass is 10.0. The molecular weight excluding hydrogens is 276 g/mol. The summed E-state index contributed by atoms with van der Waals surface area (Å²) < 4.78 is 4.64. The monoisotopic (exact) mass is 294 g/mol. The maximum Gasteiger partial charge on any atom is 0.328 e. The van der Waals surface area contributed by atoms with E-state index in [0.29, 0.717) is 6.42 Å². The first-order chi connectivity index (χ1) is 9.86. The number of esters is 1. The summed E-state index contributed by atoms with van der Waals surface area (Å²) in [5.41, 5.74) is -0.386. The molecule has 1 aromatic rings. The van der Waals surface area contributed by atoms with Gasteiger partial charge in [-0.3, -0.25) is 14.9 Å². The molecule has 0 aromatic heterocycles. The number of amides is 1. The highest BCUT2D eigenvalue weighted by Crippen LogP contribution is 2.18. The summed E-state index contributed by atoms with van der Waals surface area (Å²) in [6.45, 7) is 3.79. The van der Waals surface area contributed by atoms with Crippen LogP contribution in [0, 0.1) is 16.0 Å². The zero-order valence-electron chi connectivity index (χ0n) is 12.2. The minimum absolute atomic E-state index is 0.0832. The maximum absolute atomic E-state index is 12.2. The fraction of sp³-hybridized carbons (Fsp3) is 0.429. The van der Waals surface area contributed by atoms with Crippen molar-refractivity contribution in [2.45, 2.75) is 26.3 Å². The predicted octanol–water partition coefficient (Wildman–Crippen LogP) is 1.91. The summed E-state index contributed by atoms with van der Waals surface area (Å²) in [5, 5.41) is 13.4. The van der Waals surface area contributed by atoms with Crippen LogP contribution in [0.15, 0.2) is 24.3 Å². The Balaban J connectivity index is 2.97. The summed E-state index contributed by atoms with van der Waals surface area (Å²) in [6, 6.07) is 4.75. The number of para-hydroxylation sites is 1. The van der Waals surface area contributed by atoms with E-state index in [1.165, 1.54) is 31.4 Å². The van der Waals surface area contributed by atoms with Gasteiger partial charge in [0.15, 0.2) is 0 Å². The number of ether oxygens (including phenoxy) is 1. The molecule has 1 amide bonds. The number of carbonyl (C=O) groups excluding carboxylic acids is 2. The molecule has 21 heavy (non-hydrogen) atoms. The van der Waals surface area contributed by atoms with Gasteiger partial charge in [-0.2, -0.15) is 0 Å². The second-order valence-electron chi connectivity index (χ2n) is 4.95. The average molecular weight is 294 g/mol. The van der Waals surface area contributed by atoms with Crippen LogP contribution in [-0.4, -0.2) is 30.0 Å². The third-order valence-corrected chi connectivity index (χ3v) is 2.84. The molecule has 7 heteroatoms. The number of nitrogens with one attached hydrogen (secondary N) is 1. The van der Waals surface area contributed by atoms with E-state index in [-0.39, 0.29) is 17.2 Å². The highest BCUT2D eigenvalue weighted by atomic mass is 16.6. The molecule has 0 aliphatic carbocycles. The molecule has 1 rings (SSSR count). The third kappa shape index (κ3) is 4.55. The standard InChI is InChI=1S/C14H18N2O5/c1-9(2)8-11(14(18)21-3)15-13(17)10-6-4-5-7-12(10)16(19)20/h4-7,9,11H,8H2,1-3H3,(H,15,17). The van der Waals surface area contributed by atoms with E-state index in [9.17, 15) is 19.7 Å². The van der Waals surface area contributed by atoms with Crippen LogP contribution in [0.3, 0.4) is 0 Å². The van der Waals surface area contributed by atoms with E-state index in [1.807, 2.05) is 13.8 Å². The van der Waals surface area contributed by atoms with Gasteiger partial charge in [0.2, 0.25) is 0 Å². The lowest BCUT2D eigenvalue weighted by Crippen LogP contribution is -2.42. The van der Waals surface area contributed by atoms with E-state index in [1.54, 1.807) is 0 Å². The molecule has 0 saturated heterocycles. The molecule has 0 radical (unpaired) electrons. The number of carbonyl (C=O) groups is 2. The number of benzene rings is 1. The maximum atomic E-state index is 12.2. The Morgan fingerprint density at radius 3 is 2.48 bits per heavy atom. The van der Waals surface area contributed by atoms with Gasteiger partial charge >= 0.3 is 5.97 Å². The molecule has 0 heterocycles. The van der Waals surface area contributed by atoms with Gasteiger partial charge in [-0.05, 0) is 18.4 Å². The number of nitro groups is 1. The lowest BCUT2D eigenvalue weighted by Gasteiger charge is -2.18. The van der Waals surface area contributed by atoms with Gasteiger partial charge in [-0.15, -0.1) is 0 Å². The molecule has 0 fully saturated rings. The third-order valence-electron chi connectivity index (χ3n) is 2.84. The van der Waals surface area contributed by atoms with E-state index >= 15 is 0 Å². The molecular formula is C14H18N2O5. The number of nitrogens with zero attached hydrogens (tertiary/aromatic N) is 1. The molecule has 1 aromatic carbocycles. The summed E-state index contributed by atoms with van der Waals surface area (Å²) in [7, 11) is 1.23. The summed E-state index contributed by atoms with van der Waals surface area (Å²) >= 11 is 0. The molecule has 0 aliphatic heterocycles. The molecule has 1 unspecified atom stereocenters. The Morgan fingerprint density at radius 1 is 1.33 bits per heavy atom. The first-order valence-electron chi connectivity index (χ1n) is 6.49. The van der Waals surface area contributed by atoms with Gasteiger partial charge in [0.05, 0.1) is 12.0 Å². The Bertz CT molecular complexity index is 542. The van der Waals surface area contributed by atoms with Crippen LogP contribution in [-0.2, 0) is 9.53 Å². The number of nitro benzene ring substituents is 1. The Labute approximate surface area is 122 Å². The zero-order chi connectivity index (χ0) is 16.0. The number of methoxy groups -OCH3 is 1. The van der Waals surface area contributed by atoms with Crippen LogP contribution in [0.4, 0.5) is 5.69 Å². The Hall–Kier alpha value is -2.44. The van der Waals surface area contributed by atoms with Crippen molar-refractivity contribution in [3.8, 4) is 0 Å². The fourth-order valence-electron chi connectivity index (χ4n) is 1.89. The molecule has 0 spiro atoms. The first-order valence-corrected chi connectivity index (χ1v) is 6.49. The van der Waals surface area contributed by atoms with Crippen LogP contribution in [0.25, 0.3) is 0 Å². The van der Waals surface area contributed by atoms with E-state index in [2.05, 4.69) is 10.1 Å². The van der Waals surface area contributed by atoms with Gasteiger partial charge in [-0.25, -0.2) is 4.79 Å². The molecule has 114 valence electrons. The highest BCUT2D eigenvalue weighted by molar-refractivity contribution is 6.00. The number of hydrogen-bond acceptors (Lipinski definition) is 5. The number of hydrogen-bond donors (Lipinski definition) is 1. The van der Waals surface area contributed by atoms with Gasteiger partial charge < -0.3 is 10.1 Å². The van der Waals surface area contributed by atoms with Crippen molar-refractivity contribution in [2.75, 3.05) is 7.11 Å². The van der Waals surface area contributed by atoms with Crippen LogP contribution in [0.1, 0.15) is 30.6 Å². The second-order valence-corrected chi connectivity index (χ2v) is 4.95. The summed E-state index contributed by atoms with van der Waals surface area (Å²) in [4.78, 5) is 34.1. The molecule has 1 N–H and O–H groups in total. The molecule has 7 nitrogen and oxygen atoms in total. The van der Waals surface area contributed by atoms with Gasteiger partial charge in [0, 0.05) is 6.07 Å². The zero-order valence-corrected chi connectivity index (χ0v) is 12.2.